The van der Waals surface area contributed by atoms with Crippen molar-refractivity contribution in [3.8, 4) is 0 Å². The van der Waals surface area contributed by atoms with Gasteiger partial charge in [0.05, 0.1) is 18.1 Å². The van der Waals surface area contributed by atoms with Crippen molar-refractivity contribution in [2.24, 2.45) is 5.73 Å². The lowest BCUT2D eigenvalue weighted by molar-refractivity contribution is -0.142. The van der Waals surface area contributed by atoms with Crippen LogP contribution >= 0.6 is 11.8 Å². The number of carboxylic acid groups (broad SMARTS) is 1. The summed E-state index contributed by atoms with van der Waals surface area (Å²) < 4.78 is 0. The lowest BCUT2D eigenvalue weighted by atomic mass is 10.1. The third-order valence-electron chi connectivity index (χ3n) is 3.58. The van der Waals surface area contributed by atoms with Crippen molar-refractivity contribution in [1.82, 2.24) is 15.3 Å². The number of hydrogen-bond acceptors (Lipinski definition) is 6. The predicted molar refractivity (Wildman–Crippen MR) is 96.5 cm³/mol. The molecule has 0 aliphatic rings. The number of thioether (sulfide) groups is 1. The van der Waals surface area contributed by atoms with Crippen LogP contribution in [-0.4, -0.2) is 44.1 Å². The second-order valence-electron chi connectivity index (χ2n) is 5.68. The number of nitrogens with one attached hydrogen (secondary N) is 2. The number of aromatic amines is 1. The second-order valence-corrected chi connectivity index (χ2v) is 6.85. The Labute approximate surface area is 154 Å². The SMILES string of the molecule is CC(=O)Sc1nc[nH]c1C[C@H](NC(=O)C(N)Cc1ccccc1)C(=O)O. The van der Waals surface area contributed by atoms with Crippen LogP contribution in [0.15, 0.2) is 41.7 Å². The number of nitrogens with two attached hydrogens (primary N) is 1. The van der Waals surface area contributed by atoms with Gasteiger partial charge in [0.15, 0.2) is 5.12 Å². The summed E-state index contributed by atoms with van der Waals surface area (Å²) in [4.78, 5) is 41.8. The molecule has 1 unspecified atom stereocenters. The third-order valence-corrected chi connectivity index (χ3v) is 4.41. The highest BCUT2D eigenvalue weighted by atomic mass is 32.2. The smallest absolute Gasteiger partial charge is 0.326 e. The van der Waals surface area contributed by atoms with Gasteiger partial charge in [-0.25, -0.2) is 9.78 Å². The first kappa shape index (κ1) is 19.7. The largest absolute Gasteiger partial charge is 0.480 e. The molecule has 1 heterocycles. The van der Waals surface area contributed by atoms with Gasteiger partial charge in [0, 0.05) is 13.3 Å². The lowest BCUT2D eigenvalue weighted by Gasteiger charge is -2.18. The molecule has 2 aromatic rings. The topological polar surface area (TPSA) is 138 Å². The zero-order chi connectivity index (χ0) is 19.1. The monoisotopic (exact) mass is 376 g/mol. The average molecular weight is 376 g/mol. The van der Waals surface area contributed by atoms with Gasteiger partial charge in [-0.15, -0.1) is 0 Å². The fraction of sp³-hybridized carbons (Fsp3) is 0.294. The maximum Gasteiger partial charge on any atom is 0.326 e. The molecule has 0 spiro atoms. The molecule has 26 heavy (non-hydrogen) atoms. The van der Waals surface area contributed by atoms with Crippen LogP contribution in [0.2, 0.25) is 0 Å². The zero-order valence-electron chi connectivity index (χ0n) is 14.1. The summed E-state index contributed by atoms with van der Waals surface area (Å²) in [5.41, 5.74) is 7.25. The van der Waals surface area contributed by atoms with Crippen molar-refractivity contribution < 1.29 is 19.5 Å². The standard InChI is InChI=1S/C17H20N4O4S/c1-10(22)26-16-13(19-9-20-16)8-14(17(24)25)21-15(23)12(18)7-11-5-3-2-4-6-11/h2-6,9,12,14H,7-8,18H2,1H3,(H,19,20)(H,21,23)(H,24,25)/t12?,14-/m0/s1. The van der Waals surface area contributed by atoms with E-state index in [9.17, 15) is 19.5 Å². The molecule has 138 valence electrons. The van der Waals surface area contributed by atoms with E-state index in [0.29, 0.717) is 17.1 Å². The number of H-pyrrole nitrogens is 1. The number of carbonyl (C=O) groups excluding carboxylic acids is 2. The van der Waals surface area contributed by atoms with E-state index in [2.05, 4.69) is 15.3 Å². The van der Waals surface area contributed by atoms with Crippen LogP contribution in [0.5, 0.6) is 0 Å². The van der Waals surface area contributed by atoms with Gasteiger partial charge in [0.2, 0.25) is 5.91 Å². The van der Waals surface area contributed by atoms with Gasteiger partial charge in [-0.05, 0) is 23.7 Å². The Balaban J connectivity index is 2.01. The highest BCUT2D eigenvalue weighted by Gasteiger charge is 2.25. The molecule has 0 fully saturated rings. The van der Waals surface area contributed by atoms with Crippen molar-refractivity contribution >= 4 is 28.8 Å². The molecular weight excluding hydrogens is 356 g/mol. The predicted octanol–water partition coefficient (Wildman–Crippen LogP) is 0.730. The van der Waals surface area contributed by atoms with Crippen molar-refractivity contribution in [3.05, 3.63) is 47.9 Å². The van der Waals surface area contributed by atoms with Gasteiger partial charge < -0.3 is 21.1 Å². The molecule has 2 atom stereocenters. The Morgan fingerprint density at radius 1 is 1.27 bits per heavy atom. The van der Waals surface area contributed by atoms with Crippen LogP contribution in [-0.2, 0) is 27.2 Å². The number of aromatic nitrogens is 2. The van der Waals surface area contributed by atoms with E-state index in [1.54, 1.807) is 0 Å². The Hall–Kier alpha value is -2.65. The Kier molecular flexibility index (Phi) is 6.93. The molecule has 0 radical (unpaired) electrons. The summed E-state index contributed by atoms with van der Waals surface area (Å²) >= 11 is 0.901. The third kappa shape index (κ3) is 5.71. The van der Waals surface area contributed by atoms with E-state index in [-0.39, 0.29) is 11.5 Å². The van der Waals surface area contributed by atoms with Crippen LogP contribution in [0, 0.1) is 0 Å². The van der Waals surface area contributed by atoms with E-state index in [1.165, 1.54) is 13.3 Å². The van der Waals surface area contributed by atoms with E-state index >= 15 is 0 Å². The minimum Gasteiger partial charge on any atom is -0.480 e. The molecule has 1 amide bonds. The first-order chi connectivity index (χ1) is 12.4. The maximum absolute atomic E-state index is 12.3. The zero-order valence-corrected chi connectivity index (χ0v) is 15.0. The minimum absolute atomic E-state index is 0.0330. The summed E-state index contributed by atoms with van der Waals surface area (Å²) in [5, 5.41) is 12.1. The summed E-state index contributed by atoms with van der Waals surface area (Å²) in [7, 11) is 0. The van der Waals surface area contributed by atoms with Crippen LogP contribution in [0.25, 0.3) is 0 Å². The number of amides is 1. The Morgan fingerprint density at radius 3 is 2.58 bits per heavy atom. The van der Waals surface area contributed by atoms with Gasteiger partial charge in [0.1, 0.15) is 11.1 Å². The highest BCUT2D eigenvalue weighted by molar-refractivity contribution is 8.13. The summed E-state index contributed by atoms with van der Waals surface area (Å²) in [6.45, 7) is 1.39. The highest BCUT2D eigenvalue weighted by Crippen LogP contribution is 2.20. The van der Waals surface area contributed by atoms with Gasteiger partial charge in [-0.2, -0.15) is 0 Å². The van der Waals surface area contributed by atoms with Crippen molar-refractivity contribution in [2.75, 3.05) is 0 Å². The molecule has 8 nitrogen and oxygen atoms in total. The number of nitrogens with zero attached hydrogens (tertiary/aromatic N) is 1. The normalized spacial score (nSPS) is 13.0. The Bertz CT molecular complexity index is 778. The number of aliphatic carboxylic acids is 1. The summed E-state index contributed by atoms with van der Waals surface area (Å²) in [6, 6.07) is 7.17. The van der Waals surface area contributed by atoms with Crippen LogP contribution in [0.1, 0.15) is 18.2 Å². The van der Waals surface area contributed by atoms with E-state index < -0.39 is 24.0 Å². The molecule has 0 bridgehead atoms. The van der Waals surface area contributed by atoms with Crippen molar-refractivity contribution in [1.29, 1.82) is 0 Å². The van der Waals surface area contributed by atoms with Crippen LogP contribution in [0.4, 0.5) is 0 Å². The van der Waals surface area contributed by atoms with Crippen LogP contribution in [0.3, 0.4) is 0 Å². The average Bonchev–Trinajstić information content (AvgIpc) is 3.01. The molecule has 0 aliphatic carbocycles. The van der Waals surface area contributed by atoms with Gasteiger partial charge >= 0.3 is 5.97 Å². The quantitative estimate of drug-likeness (QED) is 0.498. The fourth-order valence-electron chi connectivity index (χ4n) is 2.32. The molecule has 0 aliphatic heterocycles. The fourth-order valence-corrected chi connectivity index (χ4v) is 2.97. The minimum atomic E-state index is -1.20. The van der Waals surface area contributed by atoms with Gasteiger partial charge in [-0.3, -0.25) is 9.59 Å². The molecule has 0 saturated heterocycles. The van der Waals surface area contributed by atoms with Crippen molar-refractivity contribution in [2.45, 2.75) is 36.9 Å². The number of benzene rings is 1. The molecule has 0 saturated carbocycles. The summed E-state index contributed by atoms with van der Waals surface area (Å²) in [6.07, 6.45) is 1.64. The van der Waals surface area contributed by atoms with E-state index in [0.717, 1.165) is 17.3 Å². The maximum atomic E-state index is 12.3. The lowest BCUT2D eigenvalue weighted by Crippen LogP contribution is -2.50. The molecule has 1 aromatic heterocycles. The Morgan fingerprint density at radius 2 is 1.96 bits per heavy atom. The summed E-state index contributed by atoms with van der Waals surface area (Å²) in [5.74, 6) is -1.75. The van der Waals surface area contributed by atoms with E-state index in [1.807, 2.05) is 30.3 Å². The number of hydrogen-bond donors (Lipinski definition) is 4. The molecule has 2 rings (SSSR count). The first-order valence-electron chi connectivity index (χ1n) is 7.90. The van der Waals surface area contributed by atoms with Crippen molar-refractivity contribution in [3.63, 3.8) is 0 Å². The number of carbonyl (C=O) groups is 3. The van der Waals surface area contributed by atoms with Crippen LogP contribution < -0.4 is 11.1 Å². The molecular formula is C17H20N4O4S. The second kappa shape index (κ2) is 9.16. The molecule has 1 aromatic carbocycles. The number of carboxylic acids is 1. The molecule has 5 N–H and O–H groups in total. The van der Waals surface area contributed by atoms with Gasteiger partial charge in [-0.1, -0.05) is 30.3 Å². The molecule has 9 heteroatoms. The van der Waals surface area contributed by atoms with Gasteiger partial charge in [0.25, 0.3) is 0 Å². The first-order valence-corrected chi connectivity index (χ1v) is 8.71. The number of rotatable bonds is 8. The van der Waals surface area contributed by atoms with E-state index in [4.69, 9.17) is 5.73 Å². The number of imidazole rings is 1.